The molecule has 0 aliphatic rings. The number of hydrogen-bond acceptors (Lipinski definition) is 4. The van der Waals surface area contributed by atoms with Crippen molar-refractivity contribution in [3.8, 4) is 5.75 Å². The van der Waals surface area contributed by atoms with Crippen molar-refractivity contribution in [2.24, 2.45) is 0 Å². The molecule has 0 bridgehead atoms. The fourth-order valence-corrected chi connectivity index (χ4v) is 2.68. The lowest BCUT2D eigenvalue weighted by atomic mass is 10.2. The van der Waals surface area contributed by atoms with Crippen LogP contribution in [0.2, 0.25) is 5.02 Å². The van der Waals surface area contributed by atoms with Gasteiger partial charge in [0, 0.05) is 17.3 Å². The van der Waals surface area contributed by atoms with E-state index in [0.29, 0.717) is 23.8 Å². The van der Waals surface area contributed by atoms with Crippen molar-refractivity contribution in [3.05, 3.63) is 59.1 Å². The molecule has 0 saturated heterocycles. The summed E-state index contributed by atoms with van der Waals surface area (Å²) in [6.45, 7) is 3.17. The summed E-state index contributed by atoms with van der Waals surface area (Å²) in [5.41, 5.74) is 1.61. The van der Waals surface area contributed by atoms with Crippen LogP contribution in [-0.2, 0) is 16.1 Å². The molecule has 2 rings (SSSR count). The molecule has 0 aromatic heterocycles. The highest BCUT2D eigenvalue weighted by Gasteiger charge is 2.13. The van der Waals surface area contributed by atoms with E-state index in [2.05, 4.69) is 10.6 Å². The van der Waals surface area contributed by atoms with E-state index in [-0.39, 0.29) is 24.9 Å². The van der Waals surface area contributed by atoms with E-state index in [4.69, 9.17) is 16.3 Å². The van der Waals surface area contributed by atoms with Crippen LogP contribution in [-0.4, -0.2) is 43.5 Å². The summed E-state index contributed by atoms with van der Waals surface area (Å²) >= 11 is 5.94. The normalized spacial score (nSPS) is 10.5. The molecule has 27 heavy (non-hydrogen) atoms. The Morgan fingerprint density at radius 3 is 2.41 bits per heavy atom. The molecule has 7 heteroatoms. The summed E-state index contributed by atoms with van der Waals surface area (Å²) in [5.74, 6) is 0.401. The zero-order valence-electron chi connectivity index (χ0n) is 15.5. The van der Waals surface area contributed by atoms with Gasteiger partial charge in [-0.25, -0.2) is 0 Å². The monoisotopic (exact) mass is 389 g/mol. The second-order valence-corrected chi connectivity index (χ2v) is 6.42. The maximum atomic E-state index is 12.2. The third kappa shape index (κ3) is 7.29. The van der Waals surface area contributed by atoms with E-state index in [1.807, 2.05) is 25.1 Å². The smallest absolute Gasteiger partial charge is 0.238 e. The fourth-order valence-electron chi connectivity index (χ4n) is 2.46. The average Bonchev–Trinajstić information content (AvgIpc) is 2.66. The Labute approximate surface area is 164 Å². The summed E-state index contributed by atoms with van der Waals surface area (Å²) in [5, 5.41) is 6.29. The van der Waals surface area contributed by atoms with Gasteiger partial charge in [-0.05, 0) is 48.5 Å². The fraction of sp³-hybridized carbons (Fsp3) is 0.300. The molecule has 6 nitrogen and oxygen atoms in total. The largest absolute Gasteiger partial charge is 0.497 e. The quantitative estimate of drug-likeness (QED) is 0.691. The van der Waals surface area contributed by atoms with Gasteiger partial charge in [-0.2, -0.15) is 0 Å². The molecule has 0 aliphatic heterocycles. The van der Waals surface area contributed by atoms with Gasteiger partial charge in [0.1, 0.15) is 5.75 Å². The minimum absolute atomic E-state index is 0.132. The number of methoxy groups -OCH3 is 1. The van der Waals surface area contributed by atoms with Crippen LogP contribution in [0.1, 0.15) is 12.5 Å². The Kier molecular flexibility index (Phi) is 8.10. The Bertz CT molecular complexity index is 765. The summed E-state index contributed by atoms with van der Waals surface area (Å²) in [6.07, 6.45) is 0. The molecule has 2 aromatic carbocycles. The van der Waals surface area contributed by atoms with Crippen LogP contribution in [0.3, 0.4) is 0 Å². The van der Waals surface area contributed by atoms with E-state index in [1.54, 1.807) is 42.3 Å². The highest BCUT2D eigenvalue weighted by atomic mass is 35.5. The van der Waals surface area contributed by atoms with Gasteiger partial charge in [0.05, 0.1) is 20.2 Å². The first-order valence-electron chi connectivity index (χ1n) is 8.67. The number of hydrogen-bond donors (Lipinski definition) is 2. The van der Waals surface area contributed by atoms with Gasteiger partial charge in [-0.3, -0.25) is 14.5 Å². The van der Waals surface area contributed by atoms with Gasteiger partial charge in [-0.15, -0.1) is 0 Å². The number of rotatable bonds is 9. The summed E-state index contributed by atoms with van der Waals surface area (Å²) < 4.78 is 5.09. The third-order valence-corrected chi connectivity index (χ3v) is 4.17. The topological polar surface area (TPSA) is 70.7 Å². The molecule has 0 radical (unpaired) electrons. The standard InChI is InChI=1S/C20H24ClN3O3/c1-3-24(13-19(25)22-12-15-5-4-6-16(21)11-15)14-20(26)23-17-7-9-18(27-2)10-8-17/h4-11H,3,12-14H2,1-2H3,(H,22,25)(H,23,26). The molecular weight excluding hydrogens is 366 g/mol. The van der Waals surface area contributed by atoms with E-state index in [9.17, 15) is 9.59 Å². The number of carbonyl (C=O) groups is 2. The summed E-state index contributed by atoms with van der Waals surface area (Å²) in [4.78, 5) is 26.1. The number of anilines is 1. The number of benzene rings is 2. The Balaban J connectivity index is 1.79. The molecule has 2 aromatic rings. The molecule has 0 heterocycles. The highest BCUT2D eigenvalue weighted by Crippen LogP contribution is 2.15. The molecule has 144 valence electrons. The van der Waals surface area contributed by atoms with E-state index in [1.165, 1.54) is 0 Å². The van der Waals surface area contributed by atoms with Gasteiger partial charge < -0.3 is 15.4 Å². The van der Waals surface area contributed by atoms with Crippen molar-refractivity contribution in [3.63, 3.8) is 0 Å². The third-order valence-electron chi connectivity index (χ3n) is 3.93. The first-order valence-corrected chi connectivity index (χ1v) is 9.05. The molecule has 2 amide bonds. The molecule has 0 saturated carbocycles. The second-order valence-electron chi connectivity index (χ2n) is 5.99. The SMILES string of the molecule is CCN(CC(=O)NCc1cccc(Cl)c1)CC(=O)Nc1ccc(OC)cc1. The molecule has 2 N–H and O–H groups in total. The van der Waals surface area contributed by atoms with Crippen molar-refractivity contribution in [1.29, 1.82) is 0 Å². The van der Waals surface area contributed by atoms with E-state index in [0.717, 1.165) is 11.3 Å². The zero-order chi connectivity index (χ0) is 19.6. The maximum absolute atomic E-state index is 12.2. The van der Waals surface area contributed by atoms with Crippen LogP contribution in [0.5, 0.6) is 5.75 Å². The molecule has 0 spiro atoms. The second kappa shape index (κ2) is 10.5. The van der Waals surface area contributed by atoms with Gasteiger partial charge >= 0.3 is 0 Å². The van der Waals surface area contributed by atoms with Crippen LogP contribution >= 0.6 is 11.6 Å². The number of amides is 2. The summed E-state index contributed by atoms with van der Waals surface area (Å²) in [7, 11) is 1.59. The lowest BCUT2D eigenvalue weighted by molar-refractivity contribution is -0.123. The molecular formula is C20H24ClN3O3. The lowest BCUT2D eigenvalue weighted by Gasteiger charge is -2.19. The zero-order valence-corrected chi connectivity index (χ0v) is 16.3. The first-order chi connectivity index (χ1) is 13.0. The van der Waals surface area contributed by atoms with Gasteiger partial charge in [0.25, 0.3) is 0 Å². The van der Waals surface area contributed by atoms with Gasteiger partial charge in [-0.1, -0.05) is 30.7 Å². The van der Waals surface area contributed by atoms with Gasteiger partial charge in [0.2, 0.25) is 11.8 Å². The van der Waals surface area contributed by atoms with Crippen LogP contribution in [0.25, 0.3) is 0 Å². The van der Waals surface area contributed by atoms with Crippen molar-refractivity contribution in [2.75, 3.05) is 32.1 Å². The van der Waals surface area contributed by atoms with Crippen molar-refractivity contribution in [2.45, 2.75) is 13.5 Å². The maximum Gasteiger partial charge on any atom is 0.238 e. The number of carbonyl (C=O) groups excluding carboxylic acids is 2. The average molecular weight is 390 g/mol. The number of nitrogens with one attached hydrogen (secondary N) is 2. The predicted octanol–water partition coefficient (Wildman–Crippen LogP) is 2.93. The van der Waals surface area contributed by atoms with Crippen molar-refractivity contribution >= 4 is 29.1 Å². The number of ether oxygens (including phenoxy) is 1. The number of nitrogens with zero attached hydrogens (tertiary/aromatic N) is 1. The van der Waals surface area contributed by atoms with E-state index < -0.39 is 0 Å². The predicted molar refractivity (Wildman–Crippen MR) is 107 cm³/mol. The van der Waals surface area contributed by atoms with Gasteiger partial charge in [0.15, 0.2) is 0 Å². The van der Waals surface area contributed by atoms with E-state index >= 15 is 0 Å². The Hall–Kier alpha value is -2.57. The molecule has 0 unspecified atom stereocenters. The Morgan fingerprint density at radius 1 is 1.07 bits per heavy atom. The van der Waals surface area contributed by atoms with Crippen LogP contribution < -0.4 is 15.4 Å². The molecule has 0 aliphatic carbocycles. The minimum atomic E-state index is -0.176. The van der Waals surface area contributed by atoms with Crippen LogP contribution in [0, 0.1) is 0 Å². The number of halogens is 1. The van der Waals surface area contributed by atoms with Crippen molar-refractivity contribution in [1.82, 2.24) is 10.2 Å². The minimum Gasteiger partial charge on any atom is -0.497 e. The number of likely N-dealkylation sites (N-methyl/N-ethyl adjacent to an activating group) is 1. The lowest BCUT2D eigenvalue weighted by Crippen LogP contribution is -2.40. The van der Waals surface area contributed by atoms with Crippen LogP contribution in [0.4, 0.5) is 5.69 Å². The Morgan fingerprint density at radius 2 is 1.78 bits per heavy atom. The first kappa shape index (κ1) is 20.7. The van der Waals surface area contributed by atoms with Crippen molar-refractivity contribution < 1.29 is 14.3 Å². The summed E-state index contributed by atoms with van der Waals surface area (Å²) in [6, 6.07) is 14.4. The molecule has 0 atom stereocenters. The molecule has 0 fully saturated rings. The van der Waals surface area contributed by atoms with Crippen LogP contribution in [0.15, 0.2) is 48.5 Å². The highest BCUT2D eigenvalue weighted by molar-refractivity contribution is 6.30.